The van der Waals surface area contributed by atoms with Crippen LogP contribution < -0.4 is 21.1 Å². The molecule has 1 unspecified atom stereocenters. The van der Waals surface area contributed by atoms with Crippen LogP contribution in [0.25, 0.3) is 0 Å². The summed E-state index contributed by atoms with van der Waals surface area (Å²) < 4.78 is 11.7. The van der Waals surface area contributed by atoms with E-state index in [1.54, 1.807) is 7.05 Å². The molecule has 0 aliphatic heterocycles. The predicted molar refractivity (Wildman–Crippen MR) is 238 cm³/mol. The minimum absolute atomic E-state index is 0.00164. The van der Waals surface area contributed by atoms with Crippen LogP contribution in [0.4, 0.5) is 11.4 Å². The molecule has 1 rings (SSSR count). The molecule has 1 aromatic rings. The Hall–Kier alpha value is -2.38. The highest BCUT2D eigenvalue weighted by molar-refractivity contribution is 5.75. The van der Waals surface area contributed by atoms with Gasteiger partial charge in [-0.3, -0.25) is 19.2 Å². The van der Waals surface area contributed by atoms with E-state index in [0.717, 1.165) is 116 Å². The first-order valence-electron chi connectivity index (χ1n) is 23.9. The SMILES string of the molecule is CCCCCCCCC(C)OC(=O)CCCCCCCN(CCCCCCCC(=O)OC(CCCCCCCC)CCCCCCCC)c1c(NC)c(=O)c1=O. The molecule has 0 bridgehead atoms. The zero-order valence-corrected chi connectivity index (χ0v) is 37.3. The van der Waals surface area contributed by atoms with Gasteiger partial charge in [-0.15, -0.1) is 0 Å². The molecule has 1 atom stereocenters. The predicted octanol–water partition coefficient (Wildman–Crippen LogP) is 12.9. The molecular weight excluding hydrogens is 701 g/mol. The van der Waals surface area contributed by atoms with E-state index in [2.05, 4.69) is 31.0 Å². The largest absolute Gasteiger partial charge is 0.463 e. The van der Waals surface area contributed by atoms with Crippen LogP contribution in [0, 0.1) is 0 Å². The Morgan fingerprint density at radius 3 is 1.32 bits per heavy atom. The second-order valence-corrected chi connectivity index (χ2v) is 16.7. The van der Waals surface area contributed by atoms with Crippen molar-refractivity contribution in [3.63, 3.8) is 0 Å². The molecule has 0 radical (unpaired) electrons. The number of anilines is 2. The van der Waals surface area contributed by atoms with E-state index in [1.165, 1.54) is 96.3 Å². The smallest absolute Gasteiger partial charge is 0.306 e. The molecular formula is C48H88N2O6. The van der Waals surface area contributed by atoms with Gasteiger partial charge in [-0.05, 0) is 71.1 Å². The molecule has 8 nitrogen and oxygen atoms in total. The van der Waals surface area contributed by atoms with Crippen molar-refractivity contribution in [2.24, 2.45) is 0 Å². The Labute approximate surface area is 344 Å². The summed E-state index contributed by atoms with van der Waals surface area (Å²) in [6.07, 6.45) is 36.2. The highest BCUT2D eigenvalue weighted by Crippen LogP contribution is 2.23. The van der Waals surface area contributed by atoms with E-state index in [0.29, 0.717) is 24.2 Å². The fourth-order valence-corrected chi connectivity index (χ4v) is 7.82. The molecule has 56 heavy (non-hydrogen) atoms. The monoisotopic (exact) mass is 789 g/mol. The second-order valence-electron chi connectivity index (χ2n) is 16.7. The van der Waals surface area contributed by atoms with Gasteiger partial charge in [-0.25, -0.2) is 0 Å². The number of hydrogen-bond donors (Lipinski definition) is 1. The average Bonchev–Trinajstić information content (AvgIpc) is 3.18. The van der Waals surface area contributed by atoms with Crippen molar-refractivity contribution >= 4 is 23.3 Å². The van der Waals surface area contributed by atoms with E-state index in [4.69, 9.17) is 9.47 Å². The number of ether oxygens (including phenoxy) is 2. The summed E-state index contributed by atoms with van der Waals surface area (Å²) in [5, 5.41) is 2.94. The molecule has 1 N–H and O–H groups in total. The number of hydrogen-bond acceptors (Lipinski definition) is 8. The molecule has 0 fully saturated rings. The maximum atomic E-state index is 12.8. The fourth-order valence-electron chi connectivity index (χ4n) is 7.82. The van der Waals surface area contributed by atoms with Crippen LogP contribution in [0.3, 0.4) is 0 Å². The van der Waals surface area contributed by atoms with E-state index in [9.17, 15) is 19.2 Å². The Bertz CT molecular complexity index is 1150. The van der Waals surface area contributed by atoms with E-state index >= 15 is 0 Å². The van der Waals surface area contributed by atoms with Gasteiger partial charge in [0.25, 0.3) is 10.9 Å². The van der Waals surface area contributed by atoms with Gasteiger partial charge in [0.15, 0.2) is 0 Å². The van der Waals surface area contributed by atoms with Gasteiger partial charge in [0, 0.05) is 33.0 Å². The Morgan fingerprint density at radius 2 is 0.875 bits per heavy atom. The minimum Gasteiger partial charge on any atom is -0.463 e. The van der Waals surface area contributed by atoms with Gasteiger partial charge in [0.2, 0.25) is 0 Å². The van der Waals surface area contributed by atoms with Crippen molar-refractivity contribution in [3.05, 3.63) is 20.4 Å². The molecule has 0 heterocycles. The van der Waals surface area contributed by atoms with Crippen molar-refractivity contribution in [2.75, 3.05) is 30.4 Å². The van der Waals surface area contributed by atoms with Gasteiger partial charge in [-0.2, -0.15) is 0 Å². The molecule has 8 heteroatoms. The zero-order chi connectivity index (χ0) is 41.1. The average molecular weight is 789 g/mol. The van der Waals surface area contributed by atoms with Gasteiger partial charge < -0.3 is 19.7 Å². The fraction of sp³-hybridized carbons (Fsp3) is 0.875. The third kappa shape index (κ3) is 25.8. The van der Waals surface area contributed by atoms with Crippen LogP contribution in [-0.2, 0) is 19.1 Å². The molecule has 1 aromatic carbocycles. The summed E-state index contributed by atoms with van der Waals surface area (Å²) in [7, 11) is 1.70. The molecule has 0 amide bonds. The second kappa shape index (κ2) is 35.8. The number of rotatable bonds is 41. The Balaban J connectivity index is 2.35. The maximum absolute atomic E-state index is 12.8. The quantitative estimate of drug-likeness (QED) is 0.0397. The number of nitrogens with zero attached hydrogens (tertiary/aromatic N) is 1. The highest BCUT2D eigenvalue weighted by Gasteiger charge is 2.24. The summed E-state index contributed by atoms with van der Waals surface area (Å²) in [6.45, 7) is 10.2. The standard InChI is InChI=1S/C48H88N2O6/c1-6-9-12-15-20-27-34-41(4)55-43(51)37-30-23-18-25-32-39-50(46-45(49-5)47(53)48(46)54)40-33-26-19-24-31-38-44(52)56-42(35-28-21-16-13-10-7-2)36-29-22-17-14-11-8-3/h41-42,49H,6-40H2,1-5H3. The molecule has 326 valence electrons. The van der Waals surface area contributed by atoms with Gasteiger partial charge in [0.1, 0.15) is 17.5 Å². The van der Waals surface area contributed by atoms with E-state index in [-0.39, 0.29) is 29.6 Å². The molecule has 0 saturated carbocycles. The van der Waals surface area contributed by atoms with E-state index in [1.807, 2.05) is 6.92 Å². The van der Waals surface area contributed by atoms with Gasteiger partial charge in [-0.1, -0.05) is 156 Å². The molecule has 0 aliphatic carbocycles. The lowest BCUT2D eigenvalue weighted by molar-refractivity contribution is -0.150. The summed E-state index contributed by atoms with van der Waals surface area (Å²) in [4.78, 5) is 51.9. The van der Waals surface area contributed by atoms with Crippen LogP contribution in [0.1, 0.15) is 240 Å². The number of nitrogens with one attached hydrogen (secondary N) is 1. The number of carbonyl (C=O) groups excluding carboxylic acids is 2. The van der Waals surface area contributed by atoms with Crippen LogP contribution in [0.2, 0.25) is 0 Å². The minimum atomic E-state index is -0.422. The summed E-state index contributed by atoms with van der Waals surface area (Å²) >= 11 is 0. The normalized spacial score (nSPS) is 12.0. The van der Waals surface area contributed by atoms with Crippen LogP contribution in [-0.4, -0.2) is 44.3 Å². The summed E-state index contributed by atoms with van der Waals surface area (Å²) in [5.74, 6) is -0.119. The third-order valence-electron chi connectivity index (χ3n) is 11.4. The lowest BCUT2D eigenvalue weighted by atomic mass is 10.0. The molecule has 0 aromatic heterocycles. The van der Waals surface area contributed by atoms with Crippen molar-refractivity contribution in [3.8, 4) is 0 Å². The highest BCUT2D eigenvalue weighted by atomic mass is 16.5. The Kier molecular flexibility index (Phi) is 33.0. The number of unbranched alkanes of at least 4 members (excludes halogenated alkanes) is 23. The van der Waals surface area contributed by atoms with Crippen molar-refractivity contribution in [1.82, 2.24) is 0 Å². The summed E-state index contributed by atoms with van der Waals surface area (Å²) in [5.41, 5.74) is 0.163. The van der Waals surface area contributed by atoms with Crippen molar-refractivity contribution in [1.29, 1.82) is 0 Å². The van der Waals surface area contributed by atoms with Crippen molar-refractivity contribution in [2.45, 2.75) is 252 Å². The lowest BCUT2D eigenvalue weighted by Crippen LogP contribution is -2.43. The summed E-state index contributed by atoms with van der Waals surface area (Å²) in [6, 6.07) is 0. The first kappa shape index (κ1) is 51.6. The Morgan fingerprint density at radius 1 is 0.500 bits per heavy atom. The molecule has 0 saturated heterocycles. The first-order chi connectivity index (χ1) is 27.3. The zero-order valence-electron chi connectivity index (χ0n) is 37.3. The molecule has 0 aliphatic rings. The van der Waals surface area contributed by atoms with Gasteiger partial charge in [0.05, 0.1) is 6.10 Å². The van der Waals surface area contributed by atoms with Crippen LogP contribution >= 0.6 is 0 Å². The van der Waals surface area contributed by atoms with Crippen LogP contribution in [0.5, 0.6) is 0 Å². The number of carbonyl (C=O) groups is 2. The van der Waals surface area contributed by atoms with Gasteiger partial charge >= 0.3 is 11.9 Å². The van der Waals surface area contributed by atoms with Crippen LogP contribution in [0.15, 0.2) is 9.59 Å². The third-order valence-corrected chi connectivity index (χ3v) is 11.4. The first-order valence-corrected chi connectivity index (χ1v) is 23.9. The molecule has 0 spiro atoms. The maximum Gasteiger partial charge on any atom is 0.306 e. The topological polar surface area (TPSA) is 102 Å². The van der Waals surface area contributed by atoms with Crippen molar-refractivity contribution < 1.29 is 19.1 Å². The van der Waals surface area contributed by atoms with E-state index < -0.39 is 5.43 Å². The number of esters is 2. The lowest BCUT2D eigenvalue weighted by Gasteiger charge is -2.27.